The van der Waals surface area contributed by atoms with Gasteiger partial charge in [0.25, 0.3) is 0 Å². The topological polar surface area (TPSA) is 152 Å². The minimum absolute atomic E-state index is 0.103. The Balaban J connectivity index is 1.80. The molecular formula is C24H33N5O5S. The number of para-hydroxylation sites is 1. The third-order valence-electron chi connectivity index (χ3n) is 6.15. The maximum absolute atomic E-state index is 13.3. The van der Waals surface area contributed by atoms with Crippen molar-refractivity contribution >= 4 is 47.2 Å². The predicted molar refractivity (Wildman–Crippen MR) is 135 cm³/mol. The van der Waals surface area contributed by atoms with Gasteiger partial charge in [0.2, 0.25) is 17.7 Å². The van der Waals surface area contributed by atoms with E-state index in [2.05, 4.69) is 38.9 Å². The molecule has 10 nitrogen and oxygen atoms in total. The summed E-state index contributed by atoms with van der Waals surface area (Å²) >= 11 is 4.00. The molecule has 4 unspecified atom stereocenters. The van der Waals surface area contributed by atoms with Crippen LogP contribution in [0.15, 0.2) is 30.5 Å². The van der Waals surface area contributed by atoms with Crippen LogP contribution < -0.4 is 21.3 Å². The Kier molecular flexibility index (Phi) is 9.16. The van der Waals surface area contributed by atoms with E-state index in [1.54, 1.807) is 6.20 Å². The molecule has 0 bridgehead atoms. The smallest absolute Gasteiger partial charge is 0.327 e. The second kappa shape index (κ2) is 12.1. The molecule has 190 valence electrons. The molecule has 3 rings (SSSR count). The molecule has 1 fully saturated rings. The lowest BCUT2D eigenvalue weighted by Crippen LogP contribution is -2.59. The molecule has 3 amide bonds. The number of hydrogen-bond acceptors (Lipinski definition) is 6. The van der Waals surface area contributed by atoms with Gasteiger partial charge in [0.15, 0.2) is 0 Å². The zero-order valence-corrected chi connectivity index (χ0v) is 20.7. The van der Waals surface area contributed by atoms with Gasteiger partial charge >= 0.3 is 5.97 Å². The van der Waals surface area contributed by atoms with Crippen LogP contribution in [0.5, 0.6) is 0 Å². The number of amides is 3. The molecule has 0 spiro atoms. The number of H-pyrrole nitrogens is 1. The average Bonchev–Trinajstić information content (AvgIpc) is 3.50. The SMILES string of the molecule is CC(C)C(NC(=O)C1CCCN1)C(=O)NC(Cc1c[nH]c2ccccc12)C(=O)NC(CS)C(=O)O. The van der Waals surface area contributed by atoms with Gasteiger partial charge in [0, 0.05) is 29.3 Å². The van der Waals surface area contributed by atoms with E-state index < -0.39 is 35.9 Å². The Morgan fingerprint density at radius 2 is 1.80 bits per heavy atom. The molecule has 6 N–H and O–H groups in total. The summed E-state index contributed by atoms with van der Waals surface area (Å²) < 4.78 is 0. The summed E-state index contributed by atoms with van der Waals surface area (Å²) in [5.74, 6) is -2.97. The molecular weight excluding hydrogens is 470 g/mol. The summed E-state index contributed by atoms with van der Waals surface area (Å²) in [7, 11) is 0. The number of carboxylic acids is 1. The second-order valence-corrected chi connectivity index (χ2v) is 9.45. The van der Waals surface area contributed by atoms with E-state index in [4.69, 9.17) is 0 Å². The molecule has 2 heterocycles. The number of benzene rings is 1. The van der Waals surface area contributed by atoms with Crippen LogP contribution in [0.4, 0.5) is 0 Å². The number of fused-ring (bicyclic) bond motifs is 1. The van der Waals surface area contributed by atoms with Gasteiger partial charge in [-0.1, -0.05) is 32.0 Å². The molecule has 2 aromatic rings. The van der Waals surface area contributed by atoms with Gasteiger partial charge in [-0.3, -0.25) is 14.4 Å². The van der Waals surface area contributed by atoms with Crippen molar-refractivity contribution in [3.05, 3.63) is 36.0 Å². The van der Waals surface area contributed by atoms with Gasteiger partial charge in [-0.05, 0) is 36.9 Å². The molecule has 1 aliphatic rings. The van der Waals surface area contributed by atoms with E-state index >= 15 is 0 Å². The molecule has 1 aromatic carbocycles. The summed E-state index contributed by atoms with van der Waals surface area (Å²) in [6, 6.07) is 4.08. The van der Waals surface area contributed by atoms with Gasteiger partial charge < -0.3 is 31.4 Å². The van der Waals surface area contributed by atoms with Crippen molar-refractivity contribution in [1.82, 2.24) is 26.3 Å². The van der Waals surface area contributed by atoms with Crippen LogP contribution in [-0.4, -0.2) is 70.2 Å². The van der Waals surface area contributed by atoms with E-state index in [-0.39, 0.29) is 30.0 Å². The van der Waals surface area contributed by atoms with Crippen LogP contribution in [0.1, 0.15) is 32.3 Å². The van der Waals surface area contributed by atoms with E-state index in [1.807, 2.05) is 38.1 Å². The molecule has 11 heteroatoms. The number of carbonyl (C=O) groups is 4. The Bertz CT molecular complexity index is 1070. The zero-order chi connectivity index (χ0) is 25.5. The lowest BCUT2D eigenvalue weighted by Gasteiger charge is -2.27. The van der Waals surface area contributed by atoms with E-state index in [0.29, 0.717) is 6.42 Å². The largest absolute Gasteiger partial charge is 0.480 e. The van der Waals surface area contributed by atoms with E-state index in [1.165, 1.54) is 0 Å². The maximum atomic E-state index is 13.3. The van der Waals surface area contributed by atoms with Gasteiger partial charge in [0.05, 0.1) is 6.04 Å². The number of aromatic amines is 1. The third-order valence-corrected chi connectivity index (χ3v) is 6.52. The number of nitrogens with one attached hydrogen (secondary N) is 5. The van der Waals surface area contributed by atoms with Crippen molar-refractivity contribution in [2.45, 2.75) is 57.3 Å². The molecule has 1 saturated heterocycles. The van der Waals surface area contributed by atoms with Crippen LogP contribution in [0.25, 0.3) is 10.9 Å². The van der Waals surface area contributed by atoms with Crippen LogP contribution >= 0.6 is 12.6 Å². The summed E-state index contributed by atoms with van der Waals surface area (Å²) in [5, 5.41) is 21.3. The first-order valence-electron chi connectivity index (χ1n) is 11.7. The van der Waals surface area contributed by atoms with Crippen LogP contribution in [0.3, 0.4) is 0 Å². The number of aromatic nitrogens is 1. The van der Waals surface area contributed by atoms with Crippen molar-refractivity contribution < 1.29 is 24.3 Å². The molecule has 0 aliphatic carbocycles. The first-order valence-corrected chi connectivity index (χ1v) is 12.4. The minimum Gasteiger partial charge on any atom is -0.480 e. The highest BCUT2D eigenvalue weighted by Crippen LogP contribution is 2.19. The Morgan fingerprint density at radius 1 is 1.09 bits per heavy atom. The molecule has 4 atom stereocenters. The van der Waals surface area contributed by atoms with Crippen molar-refractivity contribution in [3.8, 4) is 0 Å². The Morgan fingerprint density at radius 3 is 2.43 bits per heavy atom. The first kappa shape index (κ1) is 26.6. The standard InChI is InChI=1S/C24H33N5O5S/c1-13(2)20(29-21(30)17-8-5-9-25-17)23(32)27-18(22(31)28-19(12-35)24(33)34)10-14-11-26-16-7-4-3-6-15(14)16/h3-4,6-7,11,13,17-20,25-26,35H,5,8-10,12H2,1-2H3,(H,27,32)(H,28,31)(H,29,30)(H,33,34). The zero-order valence-electron chi connectivity index (χ0n) is 19.8. The average molecular weight is 504 g/mol. The fourth-order valence-corrected chi connectivity index (χ4v) is 4.39. The van der Waals surface area contributed by atoms with Crippen molar-refractivity contribution in [2.24, 2.45) is 5.92 Å². The molecule has 35 heavy (non-hydrogen) atoms. The van der Waals surface area contributed by atoms with Crippen LogP contribution in [-0.2, 0) is 25.6 Å². The Labute approximate surface area is 209 Å². The summed E-state index contributed by atoms with van der Waals surface area (Å²) in [5.41, 5.74) is 1.67. The Hall–Kier alpha value is -3.05. The van der Waals surface area contributed by atoms with Gasteiger partial charge in [-0.2, -0.15) is 12.6 Å². The fourth-order valence-electron chi connectivity index (χ4n) is 4.15. The second-order valence-electron chi connectivity index (χ2n) is 9.09. The summed E-state index contributed by atoms with van der Waals surface area (Å²) in [4.78, 5) is 53.6. The lowest BCUT2D eigenvalue weighted by atomic mass is 10.00. The van der Waals surface area contributed by atoms with Crippen molar-refractivity contribution in [2.75, 3.05) is 12.3 Å². The quantitative estimate of drug-likeness (QED) is 0.223. The molecule has 0 radical (unpaired) electrons. The number of carboxylic acid groups (broad SMARTS) is 1. The van der Waals surface area contributed by atoms with E-state index in [0.717, 1.165) is 29.4 Å². The van der Waals surface area contributed by atoms with Crippen LogP contribution in [0.2, 0.25) is 0 Å². The normalized spacial score (nSPS) is 18.1. The monoisotopic (exact) mass is 503 g/mol. The number of hydrogen-bond donors (Lipinski definition) is 7. The first-order chi connectivity index (χ1) is 16.7. The molecule has 0 saturated carbocycles. The summed E-state index contributed by atoms with van der Waals surface area (Å²) in [6.45, 7) is 4.37. The number of aliphatic carboxylic acids is 1. The van der Waals surface area contributed by atoms with Crippen LogP contribution in [0, 0.1) is 5.92 Å². The molecule has 1 aromatic heterocycles. The summed E-state index contributed by atoms with van der Waals surface area (Å²) in [6.07, 6.45) is 3.48. The highest BCUT2D eigenvalue weighted by Gasteiger charge is 2.33. The highest BCUT2D eigenvalue weighted by molar-refractivity contribution is 7.80. The van der Waals surface area contributed by atoms with Gasteiger partial charge in [0.1, 0.15) is 18.1 Å². The van der Waals surface area contributed by atoms with Gasteiger partial charge in [-0.15, -0.1) is 0 Å². The van der Waals surface area contributed by atoms with Crippen molar-refractivity contribution in [1.29, 1.82) is 0 Å². The van der Waals surface area contributed by atoms with Gasteiger partial charge in [-0.25, -0.2) is 4.79 Å². The number of thiol groups is 1. The maximum Gasteiger partial charge on any atom is 0.327 e. The lowest BCUT2D eigenvalue weighted by molar-refractivity contribution is -0.141. The van der Waals surface area contributed by atoms with Crippen molar-refractivity contribution in [3.63, 3.8) is 0 Å². The number of carbonyl (C=O) groups excluding carboxylic acids is 3. The number of rotatable bonds is 11. The van der Waals surface area contributed by atoms with E-state index in [9.17, 15) is 24.3 Å². The third kappa shape index (κ3) is 6.76. The minimum atomic E-state index is -1.22. The fraction of sp³-hybridized carbons (Fsp3) is 0.500. The molecule has 1 aliphatic heterocycles. The predicted octanol–water partition coefficient (Wildman–Crippen LogP) is 0.587. The highest BCUT2D eigenvalue weighted by atomic mass is 32.1.